The second kappa shape index (κ2) is 6.91. The first kappa shape index (κ1) is 14.4. The van der Waals surface area contributed by atoms with E-state index in [0.717, 1.165) is 36.5 Å². The van der Waals surface area contributed by atoms with Gasteiger partial charge in [-0.15, -0.1) is 0 Å². The zero-order valence-corrected chi connectivity index (χ0v) is 12.3. The number of hydrogen-bond donors (Lipinski definition) is 2. The lowest BCUT2D eigenvalue weighted by Gasteiger charge is -2.04. The summed E-state index contributed by atoms with van der Waals surface area (Å²) >= 11 is 0. The van der Waals surface area contributed by atoms with Crippen molar-refractivity contribution in [2.24, 2.45) is 0 Å². The molecule has 0 aliphatic carbocycles. The lowest BCUT2D eigenvalue weighted by atomic mass is 10.2. The number of benzene rings is 2. The van der Waals surface area contributed by atoms with Crippen molar-refractivity contribution in [3.63, 3.8) is 0 Å². The summed E-state index contributed by atoms with van der Waals surface area (Å²) in [5.41, 5.74) is 3.21. The quantitative estimate of drug-likeness (QED) is 0.687. The van der Waals surface area contributed by atoms with Crippen molar-refractivity contribution in [1.82, 2.24) is 15.1 Å². The Balaban J connectivity index is 1.49. The average molecular weight is 293 g/mol. The Kier molecular flexibility index (Phi) is 4.51. The second-order valence-electron chi connectivity index (χ2n) is 5.18. The van der Waals surface area contributed by atoms with E-state index in [4.69, 9.17) is 0 Å². The number of aromatic nitrogens is 2. The maximum Gasteiger partial charge on any atom is 0.115 e. The number of rotatable bonds is 6. The van der Waals surface area contributed by atoms with Crippen LogP contribution in [0.3, 0.4) is 0 Å². The molecule has 0 bridgehead atoms. The summed E-state index contributed by atoms with van der Waals surface area (Å²) in [7, 11) is 0. The number of para-hydroxylation sites is 1. The fourth-order valence-electron chi connectivity index (χ4n) is 2.34. The number of aromatic hydroxyl groups is 1. The van der Waals surface area contributed by atoms with Crippen LogP contribution in [0.15, 0.2) is 66.9 Å². The van der Waals surface area contributed by atoms with Crippen molar-refractivity contribution in [3.05, 3.63) is 78.1 Å². The van der Waals surface area contributed by atoms with Crippen molar-refractivity contribution >= 4 is 0 Å². The monoisotopic (exact) mass is 293 g/mol. The number of phenolic OH excluding ortho intramolecular Hbond substituents is 1. The van der Waals surface area contributed by atoms with Crippen molar-refractivity contribution < 1.29 is 5.11 Å². The van der Waals surface area contributed by atoms with Crippen LogP contribution in [0.5, 0.6) is 5.75 Å². The molecule has 2 N–H and O–H groups in total. The predicted molar refractivity (Wildman–Crippen MR) is 87.1 cm³/mol. The van der Waals surface area contributed by atoms with E-state index in [1.807, 2.05) is 59.4 Å². The molecule has 0 saturated carbocycles. The van der Waals surface area contributed by atoms with Crippen molar-refractivity contribution in [1.29, 1.82) is 0 Å². The number of nitrogens with zero attached hydrogens (tertiary/aromatic N) is 2. The third kappa shape index (κ3) is 3.74. The molecule has 0 amide bonds. The van der Waals surface area contributed by atoms with E-state index in [2.05, 4.69) is 10.4 Å². The Bertz CT molecular complexity index is 722. The lowest BCUT2D eigenvalue weighted by molar-refractivity contribution is 0.474. The van der Waals surface area contributed by atoms with E-state index in [9.17, 15) is 5.11 Å². The minimum atomic E-state index is 0.306. The number of phenols is 1. The zero-order valence-electron chi connectivity index (χ0n) is 12.3. The molecule has 22 heavy (non-hydrogen) atoms. The number of nitrogens with one attached hydrogen (secondary N) is 1. The Labute approximate surface area is 130 Å². The number of hydrogen-bond acceptors (Lipinski definition) is 3. The van der Waals surface area contributed by atoms with Crippen LogP contribution in [0.4, 0.5) is 0 Å². The highest BCUT2D eigenvalue weighted by Crippen LogP contribution is 2.10. The van der Waals surface area contributed by atoms with Crippen LogP contribution in [0.2, 0.25) is 0 Å². The predicted octanol–water partition coefficient (Wildman–Crippen LogP) is 2.91. The Hall–Kier alpha value is -2.59. The van der Waals surface area contributed by atoms with Gasteiger partial charge in [-0.3, -0.25) is 0 Å². The largest absolute Gasteiger partial charge is 0.508 e. The van der Waals surface area contributed by atoms with Gasteiger partial charge in [0.2, 0.25) is 0 Å². The topological polar surface area (TPSA) is 50.1 Å². The molecule has 4 nitrogen and oxygen atoms in total. The minimum Gasteiger partial charge on any atom is -0.508 e. The molecule has 3 rings (SSSR count). The summed E-state index contributed by atoms with van der Waals surface area (Å²) in [6, 6.07) is 19.4. The molecule has 0 aliphatic rings. The van der Waals surface area contributed by atoms with Crippen molar-refractivity contribution in [3.8, 4) is 11.4 Å². The van der Waals surface area contributed by atoms with Gasteiger partial charge >= 0.3 is 0 Å². The summed E-state index contributed by atoms with van der Waals surface area (Å²) in [6.07, 6.45) is 2.86. The first-order valence-electron chi connectivity index (χ1n) is 7.40. The molecule has 4 heteroatoms. The molecule has 0 saturated heterocycles. The molecular formula is C18H19N3O. The van der Waals surface area contributed by atoms with Gasteiger partial charge in [-0.25, -0.2) is 4.68 Å². The van der Waals surface area contributed by atoms with E-state index < -0.39 is 0 Å². The second-order valence-corrected chi connectivity index (χ2v) is 5.18. The standard InChI is InChI=1S/C18H19N3O/c22-18-8-4-5-15(13-18)14-19-11-9-16-10-12-21(20-16)17-6-2-1-3-7-17/h1-8,10,12-13,19,22H,9,11,14H2. The van der Waals surface area contributed by atoms with Crippen LogP contribution in [0.1, 0.15) is 11.3 Å². The van der Waals surface area contributed by atoms with Gasteiger partial charge in [-0.1, -0.05) is 30.3 Å². The van der Waals surface area contributed by atoms with Crippen LogP contribution in [0.25, 0.3) is 5.69 Å². The van der Waals surface area contributed by atoms with E-state index >= 15 is 0 Å². The molecule has 1 heterocycles. The minimum absolute atomic E-state index is 0.306. The normalized spacial score (nSPS) is 10.7. The Morgan fingerprint density at radius 2 is 1.86 bits per heavy atom. The fourth-order valence-corrected chi connectivity index (χ4v) is 2.34. The van der Waals surface area contributed by atoms with Crippen LogP contribution in [0, 0.1) is 0 Å². The molecule has 0 fully saturated rings. The summed E-state index contributed by atoms with van der Waals surface area (Å²) in [4.78, 5) is 0. The molecule has 112 valence electrons. The van der Waals surface area contributed by atoms with Crippen molar-refractivity contribution in [2.75, 3.05) is 6.54 Å². The van der Waals surface area contributed by atoms with Gasteiger partial charge < -0.3 is 10.4 Å². The molecule has 0 unspecified atom stereocenters. The molecule has 0 radical (unpaired) electrons. The highest BCUT2D eigenvalue weighted by molar-refractivity contribution is 5.30. The van der Waals surface area contributed by atoms with Crippen LogP contribution < -0.4 is 5.32 Å². The van der Waals surface area contributed by atoms with E-state index in [-0.39, 0.29) is 0 Å². The highest BCUT2D eigenvalue weighted by Gasteiger charge is 2.01. The summed E-state index contributed by atoms with van der Waals surface area (Å²) in [6.45, 7) is 1.59. The molecular weight excluding hydrogens is 274 g/mol. The zero-order chi connectivity index (χ0) is 15.2. The third-order valence-corrected chi connectivity index (χ3v) is 3.46. The molecule has 3 aromatic rings. The summed E-state index contributed by atoms with van der Waals surface area (Å²) < 4.78 is 1.89. The van der Waals surface area contributed by atoms with Crippen LogP contribution in [-0.4, -0.2) is 21.4 Å². The van der Waals surface area contributed by atoms with Crippen LogP contribution >= 0.6 is 0 Å². The molecule has 1 aromatic heterocycles. The molecule has 0 spiro atoms. The summed E-state index contributed by atoms with van der Waals surface area (Å²) in [5.74, 6) is 0.306. The lowest BCUT2D eigenvalue weighted by Crippen LogP contribution is -2.16. The third-order valence-electron chi connectivity index (χ3n) is 3.46. The smallest absolute Gasteiger partial charge is 0.115 e. The van der Waals surface area contributed by atoms with E-state index in [1.165, 1.54) is 0 Å². The first-order chi connectivity index (χ1) is 10.8. The Morgan fingerprint density at radius 1 is 1.00 bits per heavy atom. The van der Waals surface area contributed by atoms with Gasteiger partial charge in [0, 0.05) is 25.7 Å². The van der Waals surface area contributed by atoms with Gasteiger partial charge in [-0.2, -0.15) is 5.10 Å². The fraction of sp³-hybridized carbons (Fsp3) is 0.167. The van der Waals surface area contributed by atoms with Gasteiger partial charge in [0.05, 0.1) is 11.4 Å². The van der Waals surface area contributed by atoms with E-state index in [0.29, 0.717) is 5.75 Å². The van der Waals surface area contributed by atoms with Gasteiger partial charge in [0.1, 0.15) is 5.75 Å². The molecule has 0 atom stereocenters. The average Bonchev–Trinajstić information content (AvgIpc) is 3.01. The molecule has 2 aromatic carbocycles. The van der Waals surface area contributed by atoms with Gasteiger partial charge in [0.15, 0.2) is 0 Å². The Morgan fingerprint density at radius 3 is 2.68 bits per heavy atom. The van der Waals surface area contributed by atoms with Crippen LogP contribution in [-0.2, 0) is 13.0 Å². The van der Waals surface area contributed by atoms with E-state index in [1.54, 1.807) is 12.1 Å². The van der Waals surface area contributed by atoms with Gasteiger partial charge in [0.25, 0.3) is 0 Å². The maximum absolute atomic E-state index is 9.42. The highest BCUT2D eigenvalue weighted by atomic mass is 16.3. The molecule has 0 aliphatic heterocycles. The summed E-state index contributed by atoms with van der Waals surface area (Å²) in [5, 5.41) is 17.4. The first-order valence-corrected chi connectivity index (χ1v) is 7.40. The SMILES string of the molecule is Oc1cccc(CNCCc2ccn(-c3ccccc3)n2)c1. The van der Waals surface area contributed by atoms with Gasteiger partial charge in [-0.05, 0) is 35.9 Å². The van der Waals surface area contributed by atoms with Crippen molar-refractivity contribution in [2.45, 2.75) is 13.0 Å². The maximum atomic E-state index is 9.42.